The Morgan fingerprint density at radius 1 is 1.28 bits per heavy atom. The van der Waals surface area contributed by atoms with Crippen molar-refractivity contribution in [1.29, 1.82) is 5.26 Å². The molecule has 1 heterocycles. The number of nitrogens with one attached hydrogen (secondary N) is 1. The van der Waals surface area contributed by atoms with Gasteiger partial charge in [0.05, 0.1) is 22.9 Å². The van der Waals surface area contributed by atoms with Gasteiger partial charge in [-0.1, -0.05) is 24.3 Å². The maximum absolute atomic E-state index is 12.7. The van der Waals surface area contributed by atoms with Crippen molar-refractivity contribution in [2.45, 2.75) is 36.9 Å². The van der Waals surface area contributed by atoms with Crippen molar-refractivity contribution >= 4 is 29.3 Å². The highest BCUT2D eigenvalue weighted by atomic mass is 32.2. The number of hydrogen-bond acceptors (Lipinski definition) is 6. The number of amides is 1. The molecule has 150 valence electrons. The third kappa shape index (κ3) is 5.59. The van der Waals surface area contributed by atoms with E-state index >= 15 is 0 Å². The van der Waals surface area contributed by atoms with Crippen LogP contribution in [0, 0.1) is 11.3 Å². The molecule has 6 nitrogen and oxygen atoms in total. The van der Waals surface area contributed by atoms with E-state index in [1.54, 1.807) is 48.2 Å². The molecule has 1 N–H and O–H groups in total. The van der Waals surface area contributed by atoms with Crippen molar-refractivity contribution in [3.05, 3.63) is 59.7 Å². The molecule has 0 radical (unpaired) electrons. The first-order chi connectivity index (χ1) is 14.1. The molecule has 29 heavy (non-hydrogen) atoms. The minimum atomic E-state index is -1.01. The second-order valence-corrected chi connectivity index (χ2v) is 7.70. The monoisotopic (exact) mass is 410 g/mol. The van der Waals surface area contributed by atoms with E-state index in [9.17, 15) is 9.59 Å². The van der Waals surface area contributed by atoms with Crippen LogP contribution in [0.15, 0.2) is 53.4 Å². The SMILES string of the molecule is C[C@H](OC(=O)c1ccccc1SC[C@H]1CCCO1)C(=O)Nc1ccccc1C#N. The fourth-order valence-electron chi connectivity index (χ4n) is 2.92. The number of para-hydroxylation sites is 1. The van der Waals surface area contributed by atoms with Crippen molar-refractivity contribution in [1.82, 2.24) is 0 Å². The largest absolute Gasteiger partial charge is 0.449 e. The number of benzene rings is 2. The van der Waals surface area contributed by atoms with Gasteiger partial charge in [-0.2, -0.15) is 5.26 Å². The van der Waals surface area contributed by atoms with Crippen LogP contribution >= 0.6 is 11.8 Å². The van der Waals surface area contributed by atoms with Gasteiger partial charge in [-0.15, -0.1) is 11.8 Å². The quantitative estimate of drug-likeness (QED) is 0.548. The van der Waals surface area contributed by atoms with Crippen LogP contribution in [-0.2, 0) is 14.3 Å². The molecule has 2 aromatic rings. The van der Waals surface area contributed by atoms with Crippen LogP contribution in [0.2, 0.25) is 0 Å². The zero-order valence-corrected chi connectivity index (χ0v) is 16.9. The minimum Gasteiger partial charge on any atom is -0.449 e. The Morgan fingerprint density at radius 3 is 2.79 bits per heavy atom. The fourth-order valence-corrected chi connectivity index (χ4v) is 4.03. The summed E-state index contributed by atoms with van der Waals surface area (Å²) in [6, 6.07) is 15.9. The second kappa shape index (κ2) is 10.1. The van der Waals surface area contributed by atoms with E-state index in [0.29, 0.717) is 16.8 Å². The highest BCUT2D eigenvalue weighted by molar-refractivity contribution is 7.99. The van der Waals surface area contributed by atoms with Crippen LogP contribution in [0.3, 0.4) is 0 Å². The zero-order chi connectivity index (χ0) is 20.6. The third-order valence-corrected chi connectivity index (χ3v) is 5.72. The van der Waals surface area contributed by atoms with Gasteiger partial charge >= 0.3 is 5.97 Å². The van der Waals surface area contributed by atoms with Crippen LogP contribution in [0.5, 0.6) is 0 Å². The van der Waals surface area contributed by atoms with Gasteiger partial charge < -0.3 is 14.8 Å². The van der Waals surface area contributed by atoms with Crippen molar-refractivity contribution < 1.29 is 19.1 Å². The smallest absolute Gasteiger partial charge is 0.340 e. The predicted octanol–water partition coefficient (Wildman–Crippen LogP) is 4.01. The van der Waals surface area contributed by atoms with Crippen molar-refractivity contribution in [2.24, 2.45) is 0 Å². The molecule has 0 aliphatic carbocycles. The second-order valence-electron chi connectivity index (χ2n) is 6.64. The number of anilines is 1. The third-order valence-electron chi connectivity index (χ3n) is 4.51. The first-order valence-electron chi connectivity index (χ1n) is 9.43. The number of nitrogens with zero attached hydrogens (tertiary/aromatic N) is 1. The lowest BCUT2D eigenvalue weighted by molar-refractivity contribution is -0.123. The Balaban J connectivity index is 1.62. The Labute approximate surface area is 174 Å². The molecule has 2 aromatic carbocycles. The lowest BCUT2D eigenvalue weighted by Gasteiger charge is -2.16. The summed E-state index contributed by atoms with van der Waals surface area (Å²) >= 11 is 1.55. The van der Waals surface area contributed by atoms with Crippen LogP contribution in [-0.4, -0.2) is 36.4 Å². The van der Waals surface area contributed by atoms with E-state index in [1.165, 1.54) is 6.92 Å². The summed E-state index contributed by atoms with van der Waals surface area (Å²) in [5, 5.41) is 11.8. The van der Waals surface area contributed by atoms with Gasteiger partial charge in [0.2, 0.25) is 0 Å². The molecule has 0 saturated carbocycles. The molecular weight excluding hydrogens is 388 g/mol. The molecule has 0 spiro atoms. The Bertz CT molecular complexity index is 919. The average Bonchev–Trinajstić information content (AvgIpc) is 3.26. The molecule has 0 aromatic heterocycles. The lowest BCUT2D eigenvalue weighted by Crippen LogP contribution is -2.30. The van der Waals surface area contributed by atoms with E-state index in [1.807, 2.05) is 18.2 Å². The summed E-state index contributed by atoms with van der Waals surface area (Å²) in [6.45, 7) is 2.29. The number of ether oxygens (including phenoxy) is 2. The van der Waals surface area contributed by atoms with E-state index in [2.05, 4.69) is 5.32 Å². The maximum Gasteiger partial charge on any atom is 0.340 e. The van der Waals surface area contributed by atoms with Crippen LogP contribution < -0.4 is 5.32 Å². The molecule has 1 saturated heterocycles. The number of carbonyl (C=O) groups excluding carboxylic acids is 2. The zero-order valence-electron chi connectivity index (χ0n) is 16.1. The van der Waals surface area contributed by atoms with E-state index in [4.69, 9.17) is 14.7 Å². The molecule has 1 aliphatic rings. The first-order valence-corrected chi connectivity index (χ1v) is 10.4. The molecular formula is C22H22N2O4S. The van der Waals surface area contributed by atoms with Gasteiger partial charge in [-0.05, 0) is 44.0 Å². The summed E-state index contributed by atoms with van der Waals surface area (Å²) in [5.41, 5.74) is 1.15. The van der Waals surface area contributed by atoms with Crippen molar-refractivity contribution in [3.8, 4) is 6.07 Å². The van der Waals surface area contributed by atoms with Crippen LogP contribution in [0.1, 0.15) is 35.7 Å². The number of nitriles is 1. The number of thioether (sulfide) groups is 1. The summed E-state index contributed by atoms with van der Waals surface area (Å²) < 4.78 is 11.0. The Hall–Kier alpha value is -2.82. The maximum atomic E-state index is 12.7. The topological polar surface area (TPSA) is 88.4 Å². The highest BCUT2D eigenvalue weighted by Crippen LogP contribution is 2.27. The van der Waals surface area contributed by atoms with Crippen molar-refractivity contribution in [3.63, 3.8) is 0 Å². The molecule has 1 amide bonds. The van der Waals surface area contributed by atoms with Crippen molar-refractivity contribution in [2.75, 3.05) is 17.7 Å². The fraction of sp³-hybridized carbons (Fsp3) is 0.318. The molecule has 2 atom stereocenters. The first kappa shape index (κ1) is 20.9. The number of hydrogen-bond donors (Lipinski definition) is 1. The van der Waals surface area contributed by atoms with E-state index in [-0.39, 0.29) is 6.10 Å². The molecule has 7 heteroatoms. The summed E-state index contributed by atoms with van der Waals surface area (Å²) in [7, 11) is 0. The number of rotatable bonds is 7. The van der Waals surface area contributed by atoms with Gasteiger partial charge in [0.25, 0.3) is 5.91 Å². The molecule has 0 unspecified atom stereocenters. The van der Waals surface area contributed by atoms with Crippen LogP contribution in [0.25, 0.3) is 0 Å². The van der Waals surface area contributed by atoms with Gasteiger partial charge in [-0.3, -0.25) is 4.79 Å². The average molecular weight is 410 g/mol. The van der Waals surface area contributed by atoms with Crippen LogP contribution in [0.4, 0.5) is 5.69 Å². The van der Waals surface area contributed by atoms with Gasteiger partial charge in [0, 0.05) is 17.3 Å². The van der Waals surface area contributed by atoms with E-state index < -0.39 is 18.0 Å². The number of esters is 1. The predicted molar refractivity (Wildman–Crippen MR) is 111 cm³/mol. The lowest BCUT2D eigenvalue weighted by atomic mass is 10.2. The standard InChI is InChI=1S/C22H22N2O4S/c1-15(21(25)24-19-10-4-2-7-16(19)13-23)28-22(26)18-9-3-5-11-20(18)29-14-17-8-6-12-27-17/h2-5,7,9-11,15,17H,6,8,12,14H2,1H3,(H,24,25)/t15-,17+/m0/s1. The van der Waals surface area contributed by atoms with Gasteiger partial charge in [0.15, 0.2) is 6.10 Å². The minimum absolute atomic E-state index is 0.203. The number of carbonyl (C=O) groups is 2. The summed E-state index contributed by atoms with van der Waals surface area (Å²) in [4.78, 5) is 25.9. The Morgan fingerprint density at radius 2 is 2.03 bits per heavy atom. The van der Waals surface area contributed by atoms with Gasteiger partial charge in [0.1, 0.15) is 6.07 Å². The normalized spacial score (nSPS) is 16.6. The molecule has 3 rings (SSSR count). The molecule has 1 aliphatic heterocycles. The van der Waals surface area contributed by atoms with Gasteiger partial charge in [-0.25, -0.2) is 4.79 Å². The summed E-state index contributed by atoms with van der Waals surface area (Å²) in [5.74, 6) is -0.284. The Kier molecular flexibility index (Phi) is 7.28. The molecule has 0 bridgehead atoms. The van der Waals surface area contributed by atoms with E-state index in [0.717, 1.165) is 30.1 Å². The molecule has 1 fully saturated rings. The summed E-state index contributed by atoms with van der Waals surface area (Å²) in [6.07, 6.45) is 1.29. The highest BCUT2D eigenvalue weighted by Gasteiger charge is 2.22.